The van der Waals surface area contributed by atoms with Gasteiger partial charge in [-0.2, -0.15) is 0 Å². The third-order valence-corrected chi connectivity index (χ3v) is 3.80. The number of amides is 2. The Labute approximate surface area is 130 Å². The van der Waals surface area contributed by atoms with Crippen molar-refractivity contribution in [2.75, 3.05) is 38.0 Å². The molecular formula is C16H22FN3O2. The Hall–Kier alpha value is -1.95. The number of hydrogen-bond acceptors (Lipinski definition) is 3. The number of benzene rings is 1. The molecule has 0 aliphatic carbocycles. The summed E-state index contributed by atoms with van der Waals surface area (Å²) < 4.78 is 13.7. The molecule has 1 heterocycles. The molecule has 2 amide bonds. The maximum absolute atomic E-state index is 13.7. The summed E-state index contributed by atoms with van der Waals surface area (Å²) >= 11 is 0. The number of aryl methyl sites for hydroxylation is 1. The molecule has 1 N–H and O–H groups in total. The summed E-state index contributed by atoms with van der Waals surface area (Å²) in [6, 6.07) is 4.73. The monoisotopic (exact) mass is 307 g/mol. The van der Waals surface area contributed by atoms with Gasteiger partial charge in [0, 0.05) is 33.1 Å². The number of nitrogens with zero attached hydrogens (tertiary/aromatic N) is 2. The Morgan fingerprint density at radius 1 is 1.23 bits per heavy atom. The molecule has 0 spiro atoms. The molecule has 120 valence electrons. The Balaban J connectivity index is 1.88. The van der Waals surface area contributed by atoms with Gasteiger partial charge in [0.25, 0.3) is 0 Å². The minimum absolute atomic E-state index is 0.0630. The van der Waals surface area contributed by atoms with Crippen molar-refractivity contribution in [2.45, 2.75) is 20.3 Å². The van der Waals surface area contributed by atoms with Crippen LogP contribution >= 0.6 is 0 Å². The van der Waals surface area contributed by atoms with Crippen molar-refractivity contribution in [3.63, 3.8) is 0 Å². The van der Waals surface area contributed by atoms with Crippen LogP contribution in [0.3, 0.4) is 0 Å². The van der Waals surface area contributed by atoms with E-state index in [9.17, 15) is 14.0 Å². The summed E-state index contributed by atoms with van der Waals surface area (Å²) in [6.07, 6.45) is 0.839. The molecule has 1 fully saturated rings. The van der Waals surface area contributed by atoms with Crippen molar-refractivity contribution in [1.82, 2.24) is 9.80 Å². The van der Waals surface area contributed by atoms with E-state index in [1.165, 1.54) is 6.07 Å². The average Bonchev–Trinajstić information content (AvgIpc) is 2.67. The zero-order chi connectivity index (χ0) is 16.1. The summed E-state index contributed by atoms with van der Waals surface area (Å²) in [5.74, 6) is -0.598. The van der Waals surface area contributed by atoms with Crippen LogP contribution in [-0.2, 0) is 9.59 Å². The van der Waals surface area contributed by atoms with Gasteiger partial charge in [-0.05, 0) is 31.0 Å². The molecule has 1 aromatic rings. The number of carbonyl (C=O) groups excluding carboxylic acids is 2. The zero-order valence-corrected chi connectivity index (χ0v) is 13.1. The Morgan fingerprint density at radius 2 is 2.00 bits per heavy atom. The molecule has 5 nitrogen and oxygen atoms in total. The van der Waals surface area contributed by atoms with Gasteiger partial charge in [0.15, 0.2) is 0 Å². The number of anilines is 1. The SMILES string of the molecule is CC(=O)N1CCCN(CC(=O)Nc2ccc(C)cc2F)CC1. The van der Waals surface area contributed by atoms with Crippen molar-refractivity contribution in [2.24, 2.45) is 0 Å². The number of halogens is 1. The van der Waals surface area contributed by atoms with Crippen LogP contribution in [0.5, 0.6) is 0 Å². The summed E-state index contributed by atoms with van der Waals surface area (Å²) in [4.78, 5) is 27.2. The third-order valence-electron chi connectivity index (χ3n) is 3.80. The first-order valence-corrected chi connectivity index (χ1v) is 7.49. The second kappa shape index (κ2) is 7.35. The molecule has 1 aromatic carbocycles. The molecule has 22 heavy (non-hydrogen) atoms. The fraction of sp³-hybridized carbons (Fsp3) is 0.500. The standard InChI is InChI=1S/C16H22FN3O2/c1-12-4-5-15(14(17)10-12)18-16(22)11-19-6-3-7-20(9-8-19)13(2)21/h4-5,10H,3,6-9,11H2,1-2H3,(H,18,22). The normalized spacial score (nSPS) is 16.2. The number of carbonyl (C=O) groups is 2. The highest BCUT2D eigenvalue weighted by atomic mass is 19.1. The predicted molar refractivity (Wildman–Crippen MR) is 83.1 cm³/mol. The van der Waals surface area contributed by atoms with Crippen LogP contribution in [0.15, 0.2) is 18.2 Å². The van der Waals surface area contributed by atoms with Crippen molar-refractivity contribution < 1.29 is 14.0 Å². The molecule has 6 heteroatoms. The molecule has 1 saturated heterocycles. The molecule has 1 aliphatic rings. The Morgan fingerprint density at radius 3 is 2.68 bits per heavy atom. The lowest BCUT2D eigenvalue weighted by atomic mass is 10.2. The lowest BCUT2D eigenvalue weighted by molar-refractivity contribution is -0.128. The van der Waals surface area contributed by atoms with Crippen molar-refractivity contribution in [3.8, 4) is 0 Å². The Kier molecular flexibility index (Phi) is 5.49. The minimum atomic E-state index is -0.424. The molecule has 0 unspecified atom stereocenters. The summed E-state index contributed by atoms with van der Waals surface area (Å²) in [5, 5.41) is 2.60. The highest BCUT2D eigenvalue weighted by Crippen LogP contribution is 2.15. The second-order valence-electron chi connectivity index (χ2n) is 5.67. The van der Waals surface area contributed by atoms with Crippen LogP contribution in [0, 0.1) is 12.7 Å². The van der Waals surface area contributed by atoms with E-state index in [0.717, 1.165) is 25.1 Å². The predicted octanol–water partition coefficient (Wildman–Crippen LogP) is 1.63. The van der Waals surface area contributed by atoms with Gasteiger partial charge in [0.1, 0.15) is 5.82 Å². The third kappa shape index (κ3) is 4.53. The fourth-order valence-corrected chi connectivity index (χ4v) is 2.56. The van der Waals surface area contributed by atoms with Gasteiger partial charge < -0.3 is 10.2 Å². The first-order chi connectivity index (χ1) is 10.5. The molecule has 0 bridgehead atoms. The van der Waals surface area contributed by atoms with Crippen molar-refractivity contribution >= 4 is 17.5 Å². The van der Waals surface area contributed by atoms with Gasteiger partial charge in [0.05, 0.1) is 12.2 Å². The van der Waals surface area contributed by atoms with E-state index in [2.05, 4.69) is 5.32 Å². The van der Waals surface area contributed by atoms with E-state index in [0.29, 0.717) is 13.1 Å². The van der Waals surface area contributed by atoms with Gasteiger partial charge in [-0.1, -0.05) is 6.07 Å². The largest absolute Gasteiger partial charge is 0.342 e. The second-order valence-corrected chi connectivity index (χ2v) is 5.67. The summed E-state index contributed by atoms with van der Waals surface area (Å²) in [5.41, 5.74) is 1.02. The van der Waals surface area contributed by atoms with E-state index >= 15 is 0 Å². The van der Waals surface area contributed by atoms with Gasteiger partial charge in [-0.3, -0.25) is 14.5 Å². The van der Waals surface area contributed by atoms with E-state index < -0.39 is 5.82 Å². The van der Waals surface area contributed by atoms with Crippen LogP contribution in [0.25, 0.3) is 0 Å². The van der Waals surface area contributed by atoms with Gasteiger partial charge in [-0.25, -0.2) is 4.39 Å². The smallest absolute Gasteiger partial charge is 0.238 e. The lowest BCUT2D eigenvalue weighted by Crippen LogP contribution is -2.37. The fourth-order valence-electron chi connectivity index (χ4n) is 2.56. The molecule has 0 atom stereocenters. The first-order valence-electron chi connectivity index (χ1n) is 7.49. The van der Waals surface area contributed by atoms with E-state index in [1.807, 2.05) is 4.90 Å². The van der Waals surface area contributed by atoms with Crippen LogP contribution in [0.4, 0.5) is 10.1 Å². The van der Waals surface area contributed by atoms with Crippen LogP contribution in [0.1, 0.15) is 18.9 Å². The van der Waals surface area contributed by atoms with Gasteiger partial charge in [-0.15, -0.1) is 0 Å². The van der Waals surface area contributed by atoms with Crippen LogP contribution < -0.4 is 5.32 Å². The van der Waals surface area contributed by atoms with E-state index in [-0.39, 0.29) is 24.0 Å². The van der Waals surface area contributed by atoms with Crippen molar-refractivity contribution in [3.05, 3.63) is 29.6 Å². The molecule has 2 rings (SSSR count). The minimum Gasteiger partial charge on any atom is -0.342 e. The molecule has 1 aliphatic heterocycles. The van der Waals surface area contributed by atoms with E-state index in [1.54, 1.807) is 30.9 Å². The zero-order valence-electron chi connectivity index (χ0n) is 13.1. The molecule has 0 radical (unpaired) electrons. The molecule has 0 saturated carbocycles. The first kappa shape index (κ1) is 16.4. The van der Waals surface area contributed by atoms with Gasteiger partial charge in [0.2, 0.25) is 11.8 Å². The van der Waals surface area contributed by atoms with Crippen molar-refractivity contribution in [1.29, 1.82) is 0 Å². The van der Waals surface area contributed by atoms with E-state index in [4.69, 9.17) is 0 Å². The maximum atomic E-state index is 13.7. The highest BCUT2D eigenvalue weighted by Gasteiger charge is 2.18. The molecule has 0 aromatic heterocycles. The topological polar surface area (TPSA) is 52.7 Å². The number of rotatable bonds is 3. The maximum Gasteiger partial charge on any atom is 0.238 e. The number of nitrogens with one attached hydrogen (secondary N) is 1. The average molecular weight is 307 g/mol. The summed E-state index contributed by atoms with van der Waals surface area (Å²) in [6.45, 7) is 6.33. The van der Waals surface area contributed by atoms with Crippen LogP contribution in [0.2, 0.25) is 0 Å². The Bertz CT molecular complexity index is 562. The summed E-state index contributed by atoms with van der Waals surface area (Å²) in [7, 11) is 0. The number of hydrogen-bond donors (Lipinski definition) is 1. The quantitative estimate of drug-likeness (QED) is 0.923. The lowest BCUT2D eigenvalue weighted by Gasteiger charge is -2.20. The van der Waals surface area contributed by atoms with Gasteiger partial charge >= 0.3 is 0 Å². The highest BCUT2D eigenvalue weighted by molar-refractivity contribution is 5.92. The van der Waals surface area contributed by atoms with Crippen LogP contribution in [-0.4, -0.2) is 54.3 Å². The molecular weight excluding hydrogens is 285 g/mol.